The molecule has 2 N–H and O–H groups in total. The monoisotopic (exact) mass is 253 g/mol. The molecule has 0 amide bonds. The number of carbonyl (C=O) groups is 1. The number of carboxylic acid groups (broad SMARTS) is 1. The van der Waals surface area contributed by atoms with Gasteiger partial charge in [0.1, 0.15) is 18.2 Å². The van der Waals surface area contributed by atoms with Gasteiger partial charge in [-0.3, -0.25) is 0 Å². The maximum Gasteiger partial charge on any atom is 0.326 e. The predicted molar refractivity (Wildman–Crippen MR) is 67.9 cm³/mol. The van der Waals surface area contributed by atoms with Gasteiger partial charge in [0, 0.05) is 0 Å². The summed E-state index contributed by atoms with van der Waals surface area (Å²) in [5.74, 6) is 0.0814. The summed E-state index contributed by atoms with van der Waals surface area (Å²) < 4.78 is 5.07. The Morgan fingerprint density at radius 2 is 2.28 bits per heavy atom. The first-order valence-corrected chi connectivity index (χ1v) is 5.95. The van der Waals surface area contributed by atoms with Gasteiger partial charge < -0.3 is 15.2 Å². The van der Waals surface area contributed by atoms with E-state index in [2.05, 4.69) is 15.3 Å². The number of hydrogen-bond acceptors (Lipinski definition) is 5. The van der Waals surface area contributed by atoms with E-state index in [0.717, 1.165) is 12.8 Å². The summed E-state index contributed by atoms with van der Waals surface area (Å²) in [6, 6.07) is -0.636. The van der Waals surface area contributed by atoms with Gasteiger partial charge in [0.05, 0.1) is 12.7 Å². The van der Waals surface area contributed by atoms with Gasteiger partial charge in [-0.25, -0.2) is 14.8 Å². The summed E-state index contributed by atoms with van der Waals surface area (Å²) in [4.78, 5) is 19.1. The van der Waals surface area contributed by atoms with Crippen molar-refractivity contribution in [3.05, 3.63) is 11.9 Å². The van der Waals surface area contributed by atoms with E-state index in [4.69, 9.17) is 9.84 Å². The third-order valence-electron chi connectivity index (χ3n) is 2.69. The molecule has 0 radical (unpaired) electrons. The molecule has 100 valence electrons. The number of anilines is 1. The number of aromatic nitrogens is 2. The van der Waals surface area contributed by atoms with Crippen molar-refractivity contribution in [3.8, 4) is 5.88 Å². The summed E-state index contributed by atoms with van der Waals surface area (Å²) in [6.45, 7) is 3.82. The van der Waals surface area contributed by atoms with Gasteiger partial charge in [-0.1, -0.05) is 19.8 Å². The van der Waals surface area contributed by atoms with E-state index in [9.17, 15) is 4.79 Å². The van der Waals surface area contributed by atoms with E-state index in [0.29, 0.717) is 23.7 Å². The fourth-order valence-electron chi connectivity index (χ4n) is 1.62. The Morgan fingerprint density at radius 1 is 1.56 bits per heavy atom. The maximum absolute atomic E-state index is 11.1. The Balaban J connectivity index is 2.83. The fraction of sp³-hybridized carbons (Fsp3) is 0.583. The van der Waals surface area contributed by atoms with Crippen molar-refractivity contribution < 1.29 is 14.6 Å². The lowest BCUT2D eigenvalue weighted by Gasteiger charge is -2.16. The van der Waals surface area contributed by atoms with Crippen molar-refractivity contribution in [2.75, 3.05) is 12.4 Å². The number of carboxylic acids is 1. The molecule has 1 atom stereocenters. The number of methoxy groups -OCH3 is 1. The summed E-state index contributed by atoms with van der Waals surface area (Å²) >= 11 is 0. The highest BCUT2D eigenvalue weighted by Crippen LogP contribution is 2.21. The third-order valence-corrected chi connectivity index (χ3v) is 2.69. The topological polar surface area (TPSA) is 84.3 Å². The molecule has 0 bridgehead atoms. The van der Waals surface area contributed by atoms with Gasteiger partial charge in [0.15, 0.2) is 0 Å². The lowest BCUT2D eigenvalue weighted by Crippen LogP contribution is -2.30. The first kappa shape index (κ1) is 14.2. The summed E-state index contributed by atoms with van der Waals surface area (Å²) in [5.41, 5.74) is 0.711. The minimum Gasteiger partial charge on any atom is -0.481 e. The molecule has 0 saturated heterocycles. The Labute approximate surface area is 106 Å². The van der Waals surface area contributed by atoms with E-state index in [1.165, 1.54) is 13.4 Å². The zero-order valence-electron chi connectivity index (χ0n) is 10.9. The van der Waals surface area contributed by atoms with Crippen LogP contribution in [0.1, 0.15) is 31.7 Å². The van der Waals surface area contributed by atoms with Gasteiger partial charge in [-0.2, -0.15) is 0 Å². The number of nitrogens with one attached hydrogen (secondary N) is 1. The zero-order chi connectivity index (χ0) is 13.5. The summed E-state index contributed by atoms with van der Waals surface area (Å²) in [7, 11) is 1.52. The number of aliphatic carboxylic acids is 1. The maximum atomic E-state index is 11.1. The van der Waals surface area contributed by atoms with Crippen molar-refractivity contribution in [1.82, 2.24) is 9.97 Å². The van der Waals surface area contributed by atoms with Crippen LogP contribution in [-0.4, -0.2) is 34.2 Å². The van der Waals surface area contributed by atoms with Gasteiger partial charge in [0.25, 0.3) is 0 Å². The summed E-state index contributed by atoms with van der Waals surface area (Å²) in [5, 5.41) is 12.1. The van der Waals surface area contributed by atoms with E-state index in [-0.39, 0.29) is 0 Å². The molecule has 0 spiro atoms. The van der Waals surface area contributed by atoms with Crippen molar-refractivity contribution in [2.24, 2.45) is 0 Å². The smallest absolute Gasteiger partial charge is 0.326 e. The van der Waals surface area contributed by atoms with Crippen LogP contribution in [0.25, 0.3) is 0 Å². The van der Waals surface area contributed by atoms with Gasteiger partial charge >= 0.3 is 5.97 Å². The van der Waals surface area contributed by atoms with Crippen LogP contribution in [0, 0.1) is 6.92 Å². The first-order valence-electron chi connectivity index (χ1n) is 5.95. The van der Waals surface area contributed by atoms with E-state index in [1.54, 1.807) is 6.92 Å². The van der Waals surface area contributed by atoms with Crippen LogP contribution in [0.3, 0.4) is 0 Å². The molecule has 0 aliphatic rings. The highest BCUT2D eigenvalue weighted by Gasteiger charge is 2.19. The fourth-order valence-corrected chi connectivity index (χ4v) is 1.62. The molecule has 0 aliphatic carbocycles. The average Bonchev–Trinajstić information content (AvgIpc) is 2.36. The lowest BCUT2D eigenvalue weighted by atomic mass is 10.1. The summed E-state index contributed by atoms with van der Waals surface area (Å²) in [6.07, 6.45) is 3.73. The molecule has 0 saturated carbocycles. The molecule has 1 aromatic heterocycles. The second kappa shape index (κ2) is 6.78. The molecule has 1 unspecified atom stereocenters. The molecule has 1 heterocycles. The van der Waals surface area contributed by atoms with Crippen LogP contribution in [0.5, 0.6) is 5.88 Å². The number of unbranched alkanes of at least 4 members (excludes halogenated alkanes) is 1. The molecule has 6 nitrogen and oxygen atoms in total. The molecule has 0 fully saturated rings. The van der Waals surface area contributed by atoms with Crippen LogP contribution in [0.4, 0.5) is 5.82 Å². The third kappa shape index (κ3) is 3.58. The standard InChI is InChI=1S/C12H19N3O3/c1-4-5-6-9(12(16)17)15-10-8(2)11(18-3)14-7-13-10/h7,9H,4-6H2,1-3H3,(H,16,17)(H,13,14,15). The van der Waals surface area contributed by atoms with E-state index in [1.807, 2.05) is 6.92 Å². The van der Waals surface area contributed by atoms with Crippen molar-refractivity contribution in [3.63, 3.8) is 0 Å². The highest BCUT2D eigenvalue weighted by atomic mass is 16.5. The Morgan fingerprint density at radius 3 is 2.83 bits per heavy atom. The Kier molecular flexibility index (Phi) is 5.35. The SMILES string of the molecule is CCCCC(Nc1ncnc(OC)c1C)C(=O)O. The Bertz CT molecular complexity index is 410. The molecule has 1 rings (SSSR count). The minimum absolute atomic E-state index is 0.451. The van der Waals surface area contributed by atoms with E-state index < -0.39 is 12.0 Å². The van der Waals surface area contributed by atoms with Crippen molar-refractivity contribution >= 4 is 11.8 Å². The van der Waals surface area contributed by atoms with Crippen LogP contribution in [0.15, 0.2) is 6.33 Å². The molecule has 6 heteroatoms. The van der Waals surface area contributed by atoms with Crippen LogP contribution in [-0.2, 0) is 4.79 Å². The van der Waals surface area contributed by atoms with Gasteiger partial charge in [-0.15, -0.1) is 0 Å². The number of ether oxygens (including phenoxy) is 1. The first-order chi connectivity index (χ1) is 8.60. The largest absolute Gasteiger partial charge is 0.481 e. The molecular formula is C12H19N3O3. The van der Waals surface area contributed by atoms with Gasteiger partial charge in [-0.05, 0) is 13.3 Å². The molecule has 0 aromatic carbocycles. The molecule has 0 aliphatic heterocycles. The molecule has 18 heavy (non-hydrogen) atoms. The Hall–Kier alpha value is -1.85. The minimum atomic E-state index is -0.875. The molecular weight excluding hydrogens is 234 g/mol. The highest BCUT2D eigenvalue weighted by molar-refractivity contribution is 5.77. The normalized spacial score (nSPS) is 11.9. The van der Waals surface area contributed by atoms with Gasteiger partial charge in [0.2, 0.25) is 5.88 Å². The number of rotatable bonds is 7. The second-order valence-corrected chi connectivity index (χ2v) is 4.03. The van der Waals surface area contributed by atoms with Crippen molar-refractivity contribution in [1.29, 1.82) is 0 Å². The quantitative estimate of drug-likeness (QED) is 0.771. The number of nitrogens with zero attached hydrogens (tertiary/aromatic N) is 2. The van der Waals surface area contributed by atoms with Crippen LogP contribution >= 0.6 is 0 Å². The van der Waals surface area contributed by atoms with Crippen molar-refractivity contribution in [2.45, 2.75) is 39.2 Å². The predicted octanol–water partition coefficient (Wildman–Crippen LogP) is 1.85. The average molecular weight is 253 g/mol. The van der Waals surface area contributed by atoms with Crippen LogP contribution < -0.4 is 10.1 Å². The zero-order valence-corrected chi connectivity index (χ0v) is 10.9. The lowest BCUT2D eigenvalue weighted by molar-refractivity contribution is -0.138. The second-order valence-electron chi connectivity index (χ2n) is 4.03. The van der Waals surface area contributed by atoms with E-state index >= 15 is 0 Å². The van der Waals surface area contributed by atoms with Crippen LogP contribution in [0.2, 0.25) is 0 Å². The number of hydrogen-bond donors (Lipinski definition) is 2. The molecule has 1 aromatic rings.